The molecule has 0 aliphatic heterocycles. The van der Waals surface area contributed by atoms with Gasteiger partial charge in [-0.25, -0.2) is 0 Å². The quantitative estimate of drug-likeness (QED) is 0.111. The van der Waals surface area contributed by atoms with Gasteiger partial charge in [-0.3, -0.25) is 9.35 Å². The van der Waals surface area contributed by atoms with Gasteiger partial charge in [-0.05, 0) is 64.8 Å². The maximum atomic E-state index is 14.0. The smallest absolute Gasteiger partial charge is 0.426 e. The number of carbonyl (C=O) groups excluding carboxylic acids is 1. The minimum Gasteiger partial charge on any atom is -0.426 e. The van der Waals surface area contributed by atoms with Gasteiger partial charge in [0, 0.05) is 0 Å². The van der Waals surface area contributed by atoms with Crippen molar-refractivity contribution < 1.29 is 43.9 Å². The maximum Gasteiger partial charge on any atom is 0.506 e. The molecular weight excluding hydrogens is 542 g/mol. The SMILES string of the molecule is CCC(C)C(=O)Oc1ccc(C=Cc2cc(C(C)C)c(OS(=O)(=O)C(F)(F)S(=O)(=O)O)c(C(C)C)c2)cc1. The van der Waals surface area contributed by atoms with E-state index in [1.54, 1.807) is 83.2 Å². The van der Waals surface area contributed by atoms with Crippen LogP contribution in [0.5, 0.6) is 11.5 Å². The van der Waals surface area contributed by atoms with Crippen molar-refractivity contribution in [1.29, 1.82) is 0 Å². The van der Waals surface area contributed by atoms with Crippen molar-refractivity contribution in [3.8, 4) is 11.5 Å². The van der Waals surface area contributed by atoms with Gasteiger partial charge in [0.15, 0.2) is 0 Å². The highest BCUT2D eigenvalue weighted by Gasteiger charge is 2.60. The molecule has 0 amide bonds. The Morgan fingerprint density at radius 1 is 0.921 bits per heavy atom. The molecule has 0 aliphatic rings. The van der Waals surface area contributed by atoms with Gasteiger partial charge >= 0.3 is 30.8 Å². The van der Waals surface area contributed by atoms with Crippen molar-refractivity contribution in [2.45, 2.75) is 64.4 Å². The highest BCUT2D eigenvalue weighted by Crippen LogP contribution is 2.40. The minimum absolute atomic E-state index is 0.221. The van der Waals surface area contributed by atoms with Gasteiger partial charge in [-0.1, -0.05) is 65.8 Å². The molecule has 1 N–H and O–H groups in total. The van der Waals surface area contributed by atoms with Crippen molar-refractivity contribution in [3.63, 3.8) is 0 Å². The topological polar surface area (TPSA) is 124 Å². The zero-order valence-electron chi connectivity index (χ0n) is 21.9. The van der Waals surface area contributed by atoms with Crippen LogP contribution in [0.25, 0.3) is 12.2 Å². The van der Waals surface area contributed by atoms with E-state index < -0.39 is 42.4 Å². The fourth-order valence-electron chi connectivity index (χ4n) is 3.26. The molecule has 0 heterocycles. The number of hydrogen-bond acceptors (Lipinski definition) is 7. The lowest BCUT2D eigenvalue weighted by atomic mass is 9.91. The summed E-state index contributed by atoms with van der Waals surface area (Å²) in [6.45, 7) is 10.4. The number of hydrogen-bond donors (Lipinski definition) is 1. The van der Waals surface area contributed by atoms with Crippen LogP contribution in [-0.2, 0) is 25.0 Å². The van der Waals surface area contributed by atoms with E-state index >= 15 is 0 Å². The number of rotatable bonds is 11. The Balaban J connectivity index is 2.46. The van der Waals surface area contributed by atoms with Gasteiger partial charge in [0.1, 0.15) is 11.5 Å². The van der Waals surface area contributed by atoms with E-state index in [0.29, 0.717) is 17.7 Å². The second kappa shape index (κ2) is 11.9. The van der Waals surface area contributed by atoms with E-state index in [1.807, 2.05) is 6.92 Å². The lowest BCUT2D eigenvalue weighted by Crippen LogP contribution is -2.40. The van der Waals surface area contributed by atoms with Crippen molar-refractivity contribution in [2.24, 2.45) is 5.92 Å². The van der Waals surface area contributed by atoms with Gasteiger partial charge in [0.25, 0.3) is 0 Å². The average Bonchev–Trinajstić information content (AvgIpc) is 2.82. The Labute approximate surface area is 222 Å². The highest BCUT2D eigenvalue weighted by molar-refractivity contribution is 8.05. The fourth-order valence-corrected chi connectivity index (χ4v) is 4.90. The van der Waals surface area contributed by atoms with Crippen LogP contribution in [0.15, 0.2) is 36.4 Å². The molecule has 210 valence electrons. The Hall–Kier alpha value is -2.83. The Kier molecular flexibility index (Phi) is 9.84. The van der Waals surface area contributed by atoms with Crippen LogP contribution in [0.4, 0.5) is 8.78 Å². The molecule has 2 rings (SSSR count). The number of alkyl halides is 2. The van der Waals surface area contributed by atoms with Gasteiger partial charge in [-0.15, -0.1) is 0 Å². The summed E-state index contributed by atoms with van der Waals surface area (Å²) in [5, 5.41) is 0. The zero-order chi connectivity index (χ0) is 29.1. The molecule has 1 atom stereocenters. The van der Waals surface area contributed by atoms with Crippen LogP contribution in [0.2, 0.25) is 0 Å². The minimum atomic E-state index is -6.29. The molecule has 1 unspecified atom stereocenters. The maximum absolute atomic E-state index is 14.0. The van der Waals surface area contributed by atoms with Crippen LogP contribution in [0, 0.1) is 5.92 Å². The molecule has 0 spiro atoms. The first-order valence-corrected chi connectivity index (χ1v) is 14.7. The largest absolute Gasteiger partial charge is 0.506 e. The predicted octanol–water partition coefficient (Wildman–Crippen LogP) is 6.20. The summed E-state index contributed by atoms with van der Waals surface area (Å²) in [4.78, 5) is 12.0. The summed E-state index contributed by atoms with van der Waals surface area (Å²) in [7, 11) is -12.4. The molecule has 0 aromatic heterocycles. The average molecular weight is 575 g/mol. The van der Waals surface area contributed by atoms with E-state index in [-0.39, 0.29) is 23.0 Å². The van der Waals surface area contributed by atoms with Crippen molar-refractivity contribution >= 4 is 38.4 Å². The molecular formula is C26H32F2O8S2. The van der Waals surface area contributed by atoms with Gasteiger partial charge in [0.05, 0.1) is 5.92 Å². The molecule has 0 bridgehead atoms. The van der Waals surface area contributed by atoms with Crippen LogP contribution < -0.4 is 8.92 Å². The standard InChI is InChI=1S/C26H32F2O8S2/c1-7-18(6)25(29)35-21-12-10-19(11-13-21)8-9-20-14-22(16(2)3)24(23(15-20)17(4)5)36-38(33,34)26(27,28)37(30,31)32/h8-18H,7H2,1-6H3,(H,30,31,32). The number of benzene rings is 2. The molecule has 0 radical (unpaired) electrons. The molecule has 38 heavy (non-hydrogen) atoms. The summed E-state index contributed by atoms with van der Waals surface area (Å²) in [6.07, 6.45) is 4.14. The normalized spacial score (nSPS) is 13.8. The number of esters is 1. The molecule has 0 fully saturated rings. The molecule has 0 aliphatic carbocycles. The van der Waals surface area contributed by atoms with E-state index in [9.17, 15) is 30.4 Å². The lowest BCUT2D eigenvalue weighted by Gasteiger charge is -2.22. The molecule has 2 aromatic rings. The lowest BCUT2D eigenvalue weighted by molar-refractivity contribution is -0.138. The molecule has 12 heteroatoms. The summed E-state index contributed by atoms with van der Waals surface area (Å²) in [5.74, 6) is -1.35. The molecule has 2 aromatic carbocycles. The number of ether oxygens (including phenoxy) is 1. The van der Waals surface area contributed by atoms with Crippen molar-refractivity contribution in [1.82, 2.24) is 0 Å². The molecule has 0 saturated heterocycles. The van der Waals surface area contributed by atoms with Crippen LogP contribution in [0.3, 0.4) is 0 Å². The van der Waals surface area contributed by atoms with E-state index in [2.05, 4.69) is 4.18 Å². The molecule has 8 nitrogen and oxygen atoms in total. The van der Waals surface area contributed by atoms with E-state index in [0.717, 1.165) is 5.56 Å². The van der Waals surface area contributed by atoms with Crippen LogP contribution >= 0.6 is 0 Å². The second-order valence-corrected chi connectivity index (χ2v) is 12.8. The summed E-state index contributed by atoms with van der Waals surface area (Å²) in [5.41, 5.74) is 1.87. The Morgan fingerprint density at radius 3 is 1.82 bits per heavy atom. The third-order valence-electron chi connectivity index (χ3n) is 5.78. The number of halogens is 2. The van der Waals surface area contributed by atoms with Crippen LogP contribution in [0.1, 0.15) is 82.1 Å². The fraction of sp³-hybridized carbons (Fsp3) is 0.423. The molecule has 0 saturated carbocycles. The summed E-state index contributed by atoms with van der Waals surface area (Å²) in [6, 6.07) is 9.87. The highest BCUT2D eigenvalue weighted by atomic mass is 32.3. The van der Waals surface area contributed by atoms with Gasteiger partial charge in [0.2, 0.25) is 0 Å². The third kappa shape index (κ3) is 7.17. The first-order chi connectivity index (χ1) is 17.4. The Morgan fingerprint density at radius 2 is 1.39 bits per heavy atom. The summed E-state index contributed by atoms with van der Waals surface area (Å²) < 4.78 is 87.7. The van der Waals surface area contributed by atoms with Gasteiger partial charge in [-0.2, -0.15) is 25.6 Å². The van der Waals surface area contributed by atoms with Crippen molar-refractivity contribution in [3.05, 3.63) is 58.7 Å². The van der Waals surface area contributed by atoms with E-state index in [4.69, 9.17) is 9.29 Å². The first kappa shape index (κ1) is 31.4. The second-order valence-electron chi connectivity index (χ2n) is 9.45. The van der Waals surface area contributed by atoms with Gasteiger partial charge < -0.3 is 8.92 Å². The summed E-state index contributed by atoms with van der Waals surface area (Å²) >= 11 is 0. The first-order valence-electron chi connectivity index (χ1n) is 11.9. The predicted molar refractivity (Wildman–Crippen MR) is 141 cm³/mol. The number of carbonyl (C=O) groups is 1. The Bertz CT molecular complexity index is 1370. The third-order valence-corrected chi connectivity index (χ3v) is 8.59. The van der Waals surface area contributed by atoms with E-state index in [1.165, 1.54) is 0 Å². The van der Waals surface area contributed by atoms with Crippen molar-refractivity contribution in [2.75, 3.05) is 0 Å². The van der Waals surface area contributed by atoms with Crippen LogP contribution in [-0.4, -0.2) is 31.9 Å². The monoisotopic (exact) mass is 574 g/mol. The zero-order valence-corrected chi connectivity index (χ0v) is 23.6.